The minimum Gasteiger partial charge on any atom is -0.334 e. The van der Waals surface area contributed by atoms with Crippen LogP contribution in [0.1, 0.15) is 41.3 Å². The van der Waals surface area contributed by atoms with E-state index in [0.717, 1.165) is 22.7 Å². The average Bonchev–Trinajstić information content (AvgIpc) is 3.54. The number of hydrogen-bond donors (Lipinski definition) is 0. The highest BCUT2D eigenvalue weighted by atomic mass is 32.2. The summed E-state index contributed by atoms with van der Waals surface area (Å²) in [6.45, 7) is 1.94. The van der Waals surface area contributed by atoms with Crippen LogP contribution in [0.15, 0.2) is 54.6 Å². The summed E-state index contributed by atoms with van der Waals surface area (Å²) < 4.78 is 26.2. The third-order valence-electron chi connectivity index (χ3n) is 5.74. The van der Waals surface area contributed by atoms with Crippen LogP contribution in [0.5, 0.6) is 0 Å². The molecular weight excluding hydrogens is 388 g/mol. The van der Waals surface area contributed by atoms with E-state index >= 15 is 0 Å². The lowest BCUT2D eigenvalue weighted by Gasteiger charge is -2.33. The molecule has 2 amide bonds. The second-order valence-electron chi connectivity index (χ2n) is 7.81. The summed E-state index contributed by atoms with van der Waals surface area (Å²) in [5.41, 5.74) is 1.81. The SMILES string of the molecule is CC(C1CC1)N(Cc1ccccc1)C(=O)CN1C(=O)c2ccccc2CS1(=O)=O. The highest BCUT2D eigenvalue weighted by Gasteiger charge is 2.40. The number of carbonyl (C=O) groups excluding carboxylic acids is 2. The number of carbonyl (C=O) groups is 2. The first-order valence-electron chi connectivity index (χ1n) is 9.83. The van der Waals surface area contributed by atoms with Crippen molar-refractivity contribution in [1.82, 2.24) is 9.21 Å². The van der Waals surface area contributed by atoms with Crippen LogP contribution in [-0.2, 0) is 27.1 Å². The molecule has 0 saturated heterocycles. The summed E-state index contributed by atoms with van der Waals surface area (Å²) >= 11 is 0. The minimum atomic E-state index is -3.88. The molecule has 2 aliphatic rings. The van der Waals surface area contributed by atoms with E-state index in [2.05, 4.69) is 0 Å². The lowest BCUT2D eigenvalue weighted by molar-refractivity contribution is -0.134. The van der Waals surface area contributed by atoms with Crippen molar-refractivity contribution in [3.8, 4) is 0 Å². The molecule has 0 N–H and O–H groups in total. The molecule has 7 heteroatoms. The van der Waals surface area contributed by atoms with E-state index in [0.29, 0.717) is 23.6 Å². The third-order valence-corrected chi connectivity index (χ3v) is 7.38. The zero-order chi connectivity index (χ0) is 20.6. The van der Waals surface area contributed by atoms with E-state index in [4.69, 9.17) is 0 Å². The predicted octanol–water partition coefficient (Wildman–Crippen LogP) is 2.80. The normalized spacial score (nSPS) is 18.8. The molecule has 0 spiro atoms. The smallest absolute Gasteiger partial charge is 0.268 e. The summed E-state index contributed by atoms with van der Waals surface area (Å²) in [7, 11) is -3.88. The number of rotatable bonds is 6. The monoisotopic (exact) mass is 412 g/mol. The Morgan fingerprint density at radius 2 is 1.76 bits per heavy atom. The van der Waals surface area contributed by atoms with Crippen molar-refractivity contribution in [2.75, 3.05) is 6.54 Å². The molecule has 0 aromatic heterocycles. The first-order valence-corrected chi connectivity index (χ1v) is 11.4. The Labute approximate surface area is 171 Å². The van der Waals surface area contributed by atoms with E-state index in [1.807, 2.05) is 37.3 Å². The Morgan fingerprint density at radius 3 is 2.45 bits per heavy atom. The van der Waals surface area contributed by atoms with Crippen LogP contribution in [0, 0.1) is 5.92 Å². The maximum Gasteiger partial charge on any atom is 0.268 e. The molecule has 0 bridgehead atoms. The number of hydrogen-bond acceptors (Lipinski definition) is 4. The van der Waals surface area contributed by atoms with Gasteiger partial charge in [0.15, 0.2) is 0 Å². The van der Waals surface area contributed by atoms with Gasteiger partial charge in [0.2, 0.25) is 15.9 Å². The Hall–Kier alpha value is -2.67. The number of nitrogens with zero attached hydrogens (tertiary/aromatic N) is 2. The van der Waals surface area contributed by atoms with Gasteiger partial charge in [-0.3, -0.25) is 9.59 Å². The van der Waals surface area contributed by atoms with Gasteiger partial charge in [0.25, 0.3) is 5.91 Å². The molecule has 29 heavy (non-hydrogen) atoms. The Bertz CT molecular complexity index is 1030. The maximum absolute atomic E-state index is 13.2. The van der Waals surface area contributed by atoms with Crippen molar-refractivity contribution in [1.29, 1.82) is 0 Å². The Balaban J connectivity index is 1.59. The van der Waals surface area contributed by atoms with Gasteiger partial charge in [-0.2, -0.15) is 0 Å². The predicted molar refractivity (Wildman–Crippen MR) is 109 cm³/mol. The highest BCUT2D eigenvalue weighted by Crippen LogP contribution is 2.36. The van der Waals surface area contributed by atoms with Gasteiger partial charge in [0, 0.05) is 18.2 Å². The van der Waals surface area contributed by atoms with Gasteiger partial charge in [-0.05, 0) is 42.9 Å². The van der Waals surface area contributed by atoms with Crippen LogP contribution in [0.2, 0.25) is 0 Å². The summed E-state index contributed by atoms with van der Waals surface area (Å²) in [6.07, 6.45) is 2.13. The quantitative estimate of drug-likeness (QED) is 0.731. The second-order valence-corrected chi connectivity index (χ2v) is 9.70. The van der Waals surface area contributed by atoms with E-state index in [9.17, 15) is 18.0 Å². The minimum absolute atomic E-state index is 0.00223. The van der Waals surface area contributed by atoms with Crippen LogP contribution >= 0.6 is 0 Å². The van der Waals surface area contributed by atoms with Crippen LogP contribution < -0.4 is 0 Å². The molecule has 1 aliphatic heterocycles. The van der Waals surface area contributed by atoms with E-state index < -0.39 is 22.5 Å². The van der Waals surface area contributed by atoms with Gasteiger partial charge in [0.1, 0.15) is 6.54 Å². The second kappa shape index (κ2) is 7.63. The lowest BCUT2D eigenvalue weighted by Crippen LogP contribution is -2.50. The van der Waals surface area contributed by atoms with Crippen molar-refractivity contribution < 1.29 is 18.0 Å². The van der Waals surface area contributed by atoms with Gasteiger partial charge in [-0.25, -0.2) is 12.7 Å². The number of amides is 2. The zero-order valence-electron chi connectivity index (χ0n) is 16.3. The first kappa shape index (κ1) is 19.6. The number of benzene rings is 2. The number of fused-ring (bicyclic) bond motifs is 1. The molecule has 6 nitrogen and oxygen atoms in total. The molecular formula is C22H24N2O4S. The van der Waals surface area contributed by atoms with Gasteiger partial charge in [0.05, 0.1) is 5.75 Å². The molecule has 1 atom stereocenters. The molecule has 0 radical (unpaired) electrons. The maximum atomic E-state index is 13.2. The third kappa shape index (κ3) is 4.05. The largest absolute Gasteiger partial charge is 0.334 e. The van der Waals surface area contributed by atoms with Crippen LogP contribution in [-0.4, -0.2) is 42.0 Å². The van der Waals surface area contributed by atoms with Crippen LogP contribution in [0.25, 0.3) is 0 Å². The van der Waals surface area contributed by atoms with Crippen molar-refractivity contribution in [3.63, 3.8) is 0 Å². The van der Waals surface area contributed by atoms with Gasteiger partial charge < -0.3 is 4.90 Å². The summed E-state index contributed by atoms with van der Waals surface area (Å²) in [6, 6.07) is 16.3. The van der Waals surface area contributed by atoms with Gasteiger partial charge >= 0.3 is 0 Å². The van der Waals surface area contributed by atoms with E-state index in [1.165, 1.54) is 0 Å². The average molecular weight is 413 g/mol. The molecule has 152 valence electrons. The summed E-state index contributed by atoms with van der Waals surface area (Å²) in [5.74, 6) is -0.806. The van der Waals surface area contributed by atoms with Gasteiger partial charge in [-0.15, -0.1) is 0 Å². The summed E-state index contributed by atoms with van der Waals surface area (Å²) in [4.78, 5) is 27.8. The number of sulfonamides is 1. The molecule has 2 aromatic rings. The fraction of sp³-hybridized carbons (Fsp3) is 0.364. The van der Waals surface area contributed by atoms with Crippen molar-refractivity contribution in [2.45, 2.75) is 38.1 Å². The van der Waals surface area contributed by atoms with Crippen LogP contribution in [0.3, 0.4) is 0 Å². The van der Waals surface area contributed by atoms with E-state index in [1.54, 1.807) is 29.2 Å². The Kier molecular flexibility index (Phi) is 5.17. The first-order chi connectivity index (χ1) is 13.9. The highest BCUT2D eigenvalue weighted by molar-refractivity contribution is 7.89. The lowest BCUT2D eigenvalue weighted by atomic mass is 10.1. The van der Waals surface area contributed by atoms with Crippen LogP contribution in [0.4, 0.5) is 0 Å². The molecule has 1 aliphatic carbocycles. The molecule has 2 aromatic carbocycles. The van der Waals surface area contributed by atoms with Crippen molar-refractivity contribution >= 4 is 21.8 Å². The fourth-order valence-corrected chi connectivity index (χ4v) is 5.30. The van der Waals surface area contributed by atoms with Crippen molar-refractivity contribution in [3.05, 3.63) is 71.3 Å². The molecule has 4 rings (SSSR count). The topological polar surface area (TPSA) is 74.8 Å². The van der Waals surface area contributed by atoms with Crippen molar-refractivity contribution in [2.24, 2.45) is 5.92 Å². The zero-order valence-corrected chi connectivity index (χ0v) is 17.1. The molecule has 1 saturated carbocycles. The fourth-order valence-electron chi connectivity index (χ4n) is 3.85. The summed E-state index contributed by atoms with van der Waals surface area (Å²) in [5, 5.41) is 0. The molecule has 1 unspecified atom stereocenters. The standard InChI is InChI=1S/C22H24N2O4S/c1-16(18-11-12-18)23(13-17-7-3-2-4-8-17)21(25)14-24-22(26)20-10-6-5-9-19(20)15-29(24,27)28/h2-10,16,18H,11-15H2,1H3. The molecule has 1 fully saturated rings. The van der Waals surface area contributed by atoms with E-state index in [-0.39, 0.29) is 17.7 Å². The Morgan fingerprint density at radius 1 is 1.10 bits per heavy atom. The molecule has 1 heterocycles. The van der Waals surface area contributed by atoms with Gasteiger partial charge in [-0.1, -0.05) is 48.5 Å².